The molecule has 0 aliphatic rings. The molecule has 276 valence electrons. The number of carbonyl (C=O) groups excluding carboxylic acids is 3. The highest BCUT2D eigenvalue weighted by Gasteiger charge is 2.23. The summed E-state index contributed by atoms with van der Waals surface area (Å²) in [5.41, 5.74) is 0.929. The molecule has 0 amide bonds. The Hall–Kier alpha value is -3.63. The van der Waals surface area contributed by atoms with Gasteiger partial charge < -0.3 is 52.1 Å². The molecule has 0 radical (unpaired) electrons. The highest BCUT2D eigenvalue weighted by molar-refractivity contribution is 5.83. The summed E-state index contributed by atoms with van der Waals surface area (Å²) in [6.07, 6.45) is 2.74. The van der Waals surface area contributed by atoms with E-state index in [-0.39, 0.29) is 39.8 Å². The van der Waals surface area contributed by atoms with Crippen molar-refractivity contribution >= 4 is 17.9 Å². The van der Waals surface area contributed by atoms with Crippen LogP contribution in [0.3, 0.4) is 0 Å². The van der Waals surface area contributed by atoms with Gasteiger partial charge in [-0.05, 0) is 50.6 Å². The molecule has 0 spiro atoms. The van der Waals surface area contributed by atoms with Crippen molar-refractivity contribution in [2.24, 2.45) is 0 Å². The molecule has 0 N–H and O–H groups in total. The number of hydrogen-bond acceptors (Lipinski definition) is 14. The van der Waals surface area contributed by atoms with E-state index in [1.165, 1.54) is 25.3 Å². The van der Waals surface area contributed by atoms with Crippen LogP contribution >= 0.6 is 0 Å². The molecule has 0 bridgehead atoms. The fourth-order valence-electron chi connectivity index (χ4n) is 3.75. The van der Waals surface area contributed by atoms with Crippen molar-refractivity contribution in [1.29, 1.82) is 0 Å². The van der Waals surface area contributed by atoms with Crippen LogP contribution in [-0.4, -0.2) is 116 Å². The minimum Gasteiger partial charge on any atom is -0.497 e. The molecule has 0 saturated carbocycles. The van der Waals surface area contributed by atoms with Crippen LogP contribution in [0.5, 0.6) is 5.75 Å². The molecule has 0 aliphatic heterocycles. The first-order valence-corrected chi connectivity index (χ1v) is 15.8. The van der Waals surface area contributed by atoms with E-state index in [1.807, 2.05) is 24.3 Å². The lowest BCUT2D eigenvalue weighted by molar-refractivity contribution is -0.163. The van der Waals surface area contributed by atoms with Crippen molar-refractivity contribution in [3.05, 3.63) is 66.8 Å². The van der Waals surface area contributed by atoms with E-state index in [4.69, 9.17) is 52.1 Å². The number of rotatable bonds is 28. The van der Waals surface area contributed by atoms with Crippen molar-refractivity contribution in [2.45, 2.75) is 64.3 Å². The number of ether oxygens (including phenoxy) is 11. The van der Waals surface area contributed by atoms with Crippen LogP contribution in [0, 0.1) is 0 Å². The van der Waals surface area contributed by atoms with Crippen LogP contribution in [-0.2, 0) is 68.4 Å². The Morgan fingerprint density at radius 3 is 1.82 bits per heavy atom. The highest BCUT2D eigenvalue weighted by atomic mass is 16.7. The van der Waals surface area contributed by atoms with E-state index in [9.17, 15) is 14.4 Å². The predicted octanol–water partition coefficient (Wildman–Crippen LogP) is 3.71. The summed E-state index contributed by atoms with van der Waals surface area (Å²) in [6.45, 7) is 9.79. The molecule has 1 rings (SSSR count). The Kier molecular flexibility index (Phi) is 24.1. The van der Waals surface area contributed by atoms with Crippen LogP contribution in [0.2, 0.25) is 0 Å². The number of esters is 3. The molecule has 0 saturated heterocycles. The van der Waals surface area contributed by atoms with Gasteiger partial charge in [0.15, 0.2) is 0 Å². The summed E-state index contributed by atoms with van der Waals surface area (Å²) in [5, 5.41) is 0. The van der Waals surface area contributed by atoms with Crippen molar-refractivity contribution in [3.8, 4) is 5.75 Å². The summed E-state index contributed by atoms with van der Waals surface area (Å²) >= 11 is 0. The van der Waals surface area contributed by atoms with Gasteiger partial charge in [-0.2, -0.15) is 0 Å². The lowest BCUT2D eigenvalue weighted by Crippen LogP contribution is -2.32. The Balaban J connectivity index is 2.82. The van der Waals surface area contributed by atoms with E-state index in [2.05, 4.69) is 6.58 Å². The van der Waals surface area contributed by atoms with Gasteiger partial charge in [0.05, 0.1) is 52.7 Å². The summed E-state index contributed by atoms with van der Waals surface area (Å²) in [7, 11) is 4.67. The average Bonchev–Trinajstić information content (AvgIpc) is 3.08. The molecule has 49 heavy (non-hydrogen) atoms. The molecule has 5 atom stereocenters. The minimum atomic E-state index is -0.870. The molecule has 0 aliphatic carbocycles. The average molecular weight is 697 g/mol. The van der Waals surface area contributed by atoms with E-state index < -0.39 is 48.4 Å². The van der Waals surface area contributed by atoms with Gasteiger partial charge in [0, 0.05) is 26.4 Å². The van der Waals surface area contributed by atoms with Crippen LogP contribution in [0.25, 0.3) is 0 Å². The first-order valence-electron chi connectivity index (χ1n) is 15.8. The van der Waals surface area contributed by atoms with Crippen LogP contribution in [0.4, 0.5) is 0 Å². The molecule has 14 heteroatoms. The van der Waals surface area contributed by atoms with Gasteiger partial charge in [-0.15, -0.1) is 0 Å². The number of hydrogen-bond donors (Lipinski definition) is 0. The number of benzene rings is 1. The third-order valence-corrected chi connectivity index (χ3v) is 6.43. The lowest BCUT2D eigenvalue weighted by atomic mass is 10.2. The molecular weight excluding hydrogens is 644 g/mol. The first kappa shape index (κ1) is 43.4. The summed E-state index contributed by atoms with van der Waals surface area (Å²) in [5.74, 6) is -1.14. The Morgan fingerprint density at radius 1 is 0.735 bits per heavy atom. The van der Waals surface area contributed by atoms with Crippen molar-refractivity contribution in [2.75, 3.05) is 67.9 Å². The lowest BCUT2D eigenvalue weighted by Gasteiger charge is -2.23. The van der Waals surface area contributed by atoms with E-state index in [0.29, 0.717) is 19.8 Å². The molecular formula is C35H52O14. The summed E-state index contributed by atoms with van der Waals surface area (Å²) < 4.78 is 59.1. The zero-order valence-corrected chi connectivity index (χ0v) is 29.4. The van der Waals surface area contributed by atoms with Crippen LogP contribution in [0.1, 0.15) is 32.8 Å². The van der Waals surface area contributed by atoms with E-state index in [1.54, 1.807) is 35.0 Å². The monoisotopic (exact) mass is 696 g/mol. The number of methoxy groups -OCH3 is 3. The van der Waals surface area contributed by atoms with Crippen molar-refractivity contribution in [1.82, 2.24) is 0 Å². The molecule has 14 nitrogen and oxygen atoms in total. The Morgan fingerprint density at radius 2 is 1.29 bits per heavy atom. The quantitative estimate of drug-likeness (QED) is 0.0312. The predicted molar refractivity (Wildman–Crippen MR) is 178 cm³/mol. The van der Waals surface area contributed by atoms with Crippen molar-refractivity contribution < 1.29 is 66.5 Å². The summed E-state index contributed by atoms with van der Waals surface area (Å²) in [4.78, 5) is 37.5. The fraction of sp³-hybridized carbons (Fsp3) is 0.571. The number of carbonyl (C=O) groups is 3. The summed E-state index contributed by atoms with van der Waals surface area (Å²) in [6, 6.07) is 7.42. The molecule has 0 aromatic heterocycles. The topological polar surface area (TPSA) is 153 Å². The first-order chi connectivity index (χ1) is 23.6. The van der Waals surface area contributed by atoms with Gasteiger partial charge in [0.25, 0.3) is 0 Å². The van der Waals surface area contributed by atoms with Gasteiger partial charge in [0.2, 0.25) is 0 Å². The van der Waals surface area contributed by atoms with Gasteiger partial charge in [-0.1, -0.05) is 24.8 Å². The molecule has 1 aromatic rings. The third kappa shape index (κ3) is 21.1. The maximum atomic E-state index is 12.8. The van der Waals surface area contributed by atoms with Gasteiger partial charge >= 0.3 is 17.9 Å². The third-order valence-electron chi connectivity index (χ3n) is 6.43. The van der Waals surface area contributed by atoms with Crippen LogP contribution < -0.4 is 4.74 Å². The largest absolute Gasteiger partial charge is 0.497 e. The second-order valence-corrected chi connectivity index (χ2v) is 10.4. The van der Waals surface area contributed by atoms with Gasteiger partial charge in [0.1, 0.15) is 50.4 Å². The Labute approximate surface area is 289 Å². The minimum absolute atomic E-state index is 0.00789. The van der Waals surface area contributed by atoms with Gasteiger partial charge in [-0.3, -0.25) is 4.79 Å². The Bertz CT molecular complexity index is 1120. The fourth-order valence-corrected chi connectivity index (χ4v) is 3.75. The van der Waals surface area contributed by atoms with E-state index >= 15 is 0 Å². The second-order valence-electron chi connectivity index (χ2n) is 10.4. The smallest absolute Gasteiger partial charge is 0.330 e. The second kappa shape index (κ2) is 27.2. The zero-order chi connectivity index (χ0) is 36.3. The SMILES string of the molecule is C=CCOC(=O)/C=C/[C@@H](OCOCCOC)[C@H](C)OC(=O)/C=C/[C@@H](OCOCCOC)[C@H](C)OC(=O)C[C@H](C)OCc1ccc(OC)cc1. The molecule has 1 aromatic carbocycles. The maximum absolute atomic E-state index is 12.8. The maximum Gasteiger partial charge on any atom is 0.330 e. The molecule has 0 heterocycles. The van der Waals surface area contributed by atoms with Gasteiger partial charge in [-0.25, -0.2) is 9.59 Å². The normalized spacial score (nSPS) is 14.6. The molecule has 0 unspecified atom stereocenters. The van der Waals surface area contributed by atoms with E-state index in [0.717, 1.165) is 23.5 Å². The van der Waals surface area contributed by atoms with Crippen LogP contribution in [0.15, 0.2) is 61.2 Å². The highest BCUT2D eigenvalue weighted by Crippen LogP contribution is 2.15. The standard InChI is InChI=1S/C35H52O14/c1-8-17-44-33(36)15-13-31(46-24-42-20-18-39-5)27(3)48-34(37)16-14-32(47-25-43-21-19-40-6)28(4)49-35(38)22-26(2)45-23-29-9-11-30(41-7)12-10-29/h8-16,26-28,31-32H,1,17-25H2,2-7H3/b15-13+,16-14+/t26-,27-,28-,31+,32+/m0/s1. The zero-order valence-electron chi connectivity index (χ0n) is 29.4. The van der Waals surface area contributed by atoms with Crippen molar-refractivity contribution in [3.63, 3.8) is 0 Å². The molecule has 0 fully saturated rings.